The monoisotopic (exact) mass is 239 g/mol. The second kappa shape index (κ2) is 4.88. The minimum Gasteiger partial charge on any atom is -0.508 e. The third-order valence-electron chi connectivity index (χ3n) is 1.79. The van der Waals surface area contributed by atoms with Gasteiger partial charge in [0.1, 0.15) is 5.75 Å². The van der Waals surface area contributed by atoms with Crippen LogP contribution in [-0.4, -0.2) is 10.4 Å². The molecule has 0 atom stereocenters. The summed E-state index contributed by atoms with van der Waals surface area (Å²) in [6.07, 6.45) is 1.82. The second-order valence-electron chi connectivity index (χ2n) is 2.75. The third kappa shape index (κ3) is 2.74. The van der Waals surface area contributed by atoms with E-state index in [0.717, 1.165) is 23.7 Å². The van der Waals surface area contributed by atoms with Crippen molar-refractivity contribution in [2.24, 2.45) is 0 Å². The van der Waals surface area contributed by atoms with Gasteiger partial charge >= 0.3 is 0 Å². The van der Waals surface area contributed by atoms with Gasteiger partial charge in [0.15, 0.2) is 0 Å². The Morgan fingerprint density at radius 3 is 2.77 bits per heavy atom. The lowest BCUT2D eigenvalue weighted by molar-refractivity contribution is 0.467. The topological polar surface area (TPSA) is 44.0 Å². The van der Waals surface area contributed by atoms with E-state index in [9.17, 15) is 5.11 Å². The number of nitriles is 1. The maximum absolute atomic E-state index is 9.48. The van der Waals surface area contributed by atoms with Crippen LogP contribution in [-0.2, 0) is 6.42 Å². The summed E-state index contributed by atoms with van der Waals surface area (Å²) in [6, 6.07) is 7.01. The molecule has 0 spiro atoms. The molecule has 0 heterocycles. The predicted molar refractivity (Wildman–Crippen MR) is 54.9 cm³/mol. The van der Waals surface area contributed by atoms with Gasteiger partial charge in [-0.05, 0) is 30.5 Å². The summed E-state index contributed by atoms with van der Waals surface area (Å²) >= 11 is 3.33. The molecule has 1 aromatic carbocycles. The van der Waals surface area contributed by atoms with E-state index >= 15 is 0 Å². The highest BCUT2D eigenvalue weighted by molar-refractivity contribution is 9.09. The zero-order valence-electron chi connectivity index (χ0n) is 7.13. The van der Waals surface area contributed by atoms with Crippen LogP contribution in [0.25, 0.3) is 0 Å². The van der Waals surface area contributed by atoms with Gasteiger partial charge in [-0.2, -0.15) is 5.26 Å². The predicted octanol–water partition coefficient (Wildman–Crippen LogP) is 2.59. The summed E-state index contributed by atoms with van der Waals surface area (Å²) in [5, 5.41) is 19.0. The Balaban J connectivity index is 2.81. The Morgan fingerprint density at radius 1 is 1.46 bits per heavy atom. The average Bonchev–Trinajstić information content (AvgIpc) is 2.16. The fourth-order valence-corrected chi connectivity index (χ4v) is 1.38. The van der Waals surface area contributed by atoms with Crippen LogP contribution in [0.15, 0.2) is 18.2 Å². The minimum atomic E-state index is 0.222. The van der Waals surface area contributed by atoms with Crippen molar-refractivity contribution in [3.05, 3.63) is 29.3 Å². The Kier molecular flexibility index (Phi) is 3.78. The summed E-state index contributed by atoms with van der Waals surface area (Å²) in [5.41, 5.74) is 1.40. The second-order valence-corrected chi connectivity index (χ2v) is 3.54. The lowest BCUT2D eigenvalue weighted by Crippen LogP contribution is -1.87. The molecular formula is C10H10BrNO. The fourth-order valence-electron chi connectivity index (χ4n) is 1.10. The van der Waals surface area contributed by atoms with Crippen LogP contribution in [0.4, 0.5) is 0 Å². The van der Waals surface area contributed by atoms with E-state index in [2.05, 4.69) is 15.9 Å². The molecule has 0 radical (unpaired) electrons. The molecule has 1 aromatic rings. The summed E-state index contributed by atoms with van der Waals surface area (Å²) < 4.78 is 0. The van der Waals surface area contributed by atoms with Crippen molar-refractivity contribution in [3.63, 3.8) is 0 Å². The van der Waals surface area contributed by atoms with Crippen LogP contribution in [0, 0.1) is 11.3 Å². The number of hydrogen-bond acceptors (Lipinski definition) is 2. The van der Waals surface area contributed by atoms with E-state index in [4.69, 9.17) is 5.26 Å². The van der Waals surface area contributed by atoms with Crippen molar-refractivity contribution in [1.29, 1.82) is 5.26 Å². The number of alkyl halides is 1. The molecule has 0 unspecified atom stereocenters. The van der Waals surface area contributed by atoms with E-state index in [1.165, 1.54) is 6.07 Å². The van der Waals surface area contributed by atoms with Crippen molar-refractivity contribution in [2.75, 3.05) is 5.33 Å². The van der Waals surface area contributed by atoms with Crippen molar-refractivity contribution in [2.45, 2.75) is 12.8 Å². The zero-order chi connectivity index (χ0) is 9.68. The Bertz CT molecular complexity index is 330. The van der Waals surface area contributed by atoms with Crippen LogP contribution in [0.2, 0.25) is 0 Å². The molecule has 1 rings (SSSR count). The van der Waals surface area contributed by atoms with E-state index in [1.54, 1.807) is 12.1 Å². The van der Waals surface area contributed by atoms with Crippen molar-refractivity contribution >= 4 is 15.9 Å². The molecular weight excluding hydrogens is 230 g/mol. The molecule has 0 aromatic heterocycles. The molecule has 0 aliphatic carbocycles. The Hall–Kier alpha value is -1.01. The molecule has 0 aliphatic rings. The largest absolute Gasteiger partial charge is 0.508 e. The number of aryl methyl sites for hydroxylation is 1. The highest BCUT2D eigenvalue weighted by atomic mass is 79.9. The van der Waals surface area contributed by atoms with Gasteiger partial charge in [-0.15, -0.1) is 0 Å². The van der Waals surface area contributed by atoms with Gasteiger partial charge in [0.05, 0.1) is 11.6 Å². The molecule has 1 N–H and O–H groups in total. The van der Waals surface area contributed by atoms with Gasteiger partial charge in [-0.1, -0.05) is 22.0 Å². The van der Waals surface area contributed by atoms with E-state index in [1.807, 2.05) is 6.07 Å². The molecule has 0 amide bonds. The number of phenolic OH excluding ortho intramolecular Hbond substituents is 1. The quantitative estimate of drug-likeness (QED) is 0.825. The van der Waals surface area contributed by atoms with Gasteiger partial charge in [0.25, 0.3) is 0 Å². The summed E-state index contributed by atoms with van der Waals surface area (Å²) in [7, 11) is 0. The molecule has 0 bridgehead atoms. The van der Waals surface area contributed by atoms with Crippen LogP contribution in [0.5, 0.6) is 5.75 Å². The number of aromatic hydroxyl groups is 1. The Labute approximate surface area is 85.9 Å². The lowest BCUT2D eigenvalue weighted by atomic mass is 10.1. The smallest absolute Gasteiger partial charge is 0.120 e. The summed E-state index contributed by atoms with van der Waals surface area (Å²) in [5.74, 6) is 0.222. The van der Waals surface area contributed by atoms with Gasteiger partial charge in [0, 0.05) is 5.33 Å². The standard InChI is InChI=1S/C10H10BrNO/c11-5-1-2-9-4-3-8(7-12)6-10(9)13/h3-4,6,13H,1-2,5H2. The first-order valence-corrected chi connectivity index (χ1v) is 5.18. The first kappa shape index (κ1) is 10.1. The summed E-state index contributed by atoms with van der Waals surface area (Å²) in [6.45, 7) is 0. The average molecular weight is 240 g/mol. The van der Waals surface area contributed by atoms with Gasteiger partial charge in [-0.25, -0.2) is 0 Å². The fraction of sp³-hybridized carbons (Fsp3) is 0.300. The van der Waals surface area contributed by atoms with Crippen molar-refractivity contribution in [1.82, 2.24) is 0 Å². The number of nitrogens with zero attached hydrogens (tertiary/aromatic N) is 1. The number of hydrogen-bond donors (Lipinski definition) is 1. The van der Waals surface area contributed by atoms with Crippen molar-refractivity contribution in [3.8, 4) is 11.8 Å². The molecule has 13 heavy (non-hydrogen) atoms. The third-order valence-corrected chi connectivity index (χ3v) is 2.35. The molecule has 3 heteroatoms. The molecule has 2 nitrogen and oxygen atoms in total. The van der Waals surface area contributed by atoms with Crippen LogP contribution < -0.4 is 0 Å². The highest BCUT2D eigenvalue weighted by Crippen LogP contribution is 2.20. The van der Waals surface area contributed by atoms with Crippen LogP contribution in [0.3, 0.4) is 0 Å². The Morgan fingerprint density at radius 2 is 2.23 bits per heavy atom. The number of rotatable bonds is 3. The minimum absolute atomic E-state index is 0.222. The van der Waals surface area contributed by atoms with E-state index in [-0.39, 0.29) is 5.75 Å². The lowest BCUT2D eigenvalue weighted by Gasteiger charge is -2.02. The first-order chi connectivity index (χ1) is 6.27. The molecule has 0 saturated heterocycles. The van der Waals surface area contributed by atoms with Crippen LogP contribution >= 0.6 is 15.9 Å². The molecule has 0 fully saturated rings. The van der Waals surface area contributed by atoms with E-state index < -0.39 is 0 Å². The van der Waals surface area contributed by atoms with Gasteiger partial charge in [-0.3, -0.25) is 0 Å². The molecule has 0 saturated carbocycles. The number of benzene rings is 1. The van der Waals surface area contributed by atoms with Crippen molar-refractivity contribution < 1.29 is 5.11 Å². The molecule has 68 valence electrons. The van der Waals surface area contributed by atoms with E-state index in [0.29, 0.717) is 5.56 Å². The van der Waals surface area contributed by atoms with Crippen LogP contribution in [0.1, 0.15) is 17.5 Å². The maximum atomic E-state index is 9.48. The van der Waals surface area contributed by atoms with Gasteiger partial charge in [0.2, 0.25) is 0 Å². The number of halogens is 1. The maximum Gasteiger partial charge on any atom is 0.120 e. The van der Waals surface area contributed by atoms with Gasteiger partial charge < -0.3 is 5.11 Å². The first-order valence-electron chi connectivity index (χ1n) is 4.06. The SMILES string of the molecule is N#Cc1ccc(CCCBr)c(O)c1. The summed E-state index contributed by atoms with van der Waals surface area (Å²) in [4.78, 5) is 0. The number of phenols is 1. The highest BCUT2D eigenvalue weighted by Gasteiger charge is 2.01. The zero-order valence-corrected chi connectivity index (χ0v) is 8.71. The molecule has 0 aliphatic heterocycles. The normalized spacial score (nSPS) is 9.54.